The average molecular weight is 484 g/mol. The van der Waals surface area contributed by atoms with Gasteiger partial charge in [0.1, 0.15) is 12.0 Å². The Morgan fingerprint density at radius 2 is 1.71 bits per heavy atom. The van der Waals surface area contributed by atoms with Crippen molar-refractivity contribution < 1.29 is 33.3 Å². The highest BCUT2D eigenvalue weighted by Gasteiger charge is 2.47. The van der Waals surface area contributed by atoms with Crippen molar-refractivity contribution in [1.29, 1.82) is 0 Å². The number of dihydropyridines is 1. The summed E-state index contributed by atoms with van der Waals surface area (Å²) in [6, 6.07) is 5.34. The summed E-state index contributed by atoms with van der Waals surface area (Å²) in [6.07, 6.45) is 4.07. The summed E-state index contributed by atoms with van der Waals surface area (Å²) in [4.78, 5) is 39.9. The maximum atomic E-state index is 13.8. The highest BCUT2D eigenvalue weighted by atomic mass is 16.5. The molecule has 1 aromatic carbocycles. The monoisotopic (exact) mass is 483 g/mol. The fourth-order valence-electron chi connectivity index (χ4n) is 5.54. The molecule has 0 unspecified atom stereocenters. The Morgan fingerprint density at radius 3 is 2.34 bits per heavy atom. The minimum atomic E-state index is -0.936. The fraction of sp³-hybridized carbons (Fsp3) is 0.519. The molecule has 188 valence electrons. The Labute approximate surface area is 205 Å². The molecule has 0 aromatic heterocycles. The summed E-state index contributed by atoms with van der Waals surface area (Å²) >= 11 is 0. The van der Waals surface area contributed by atoms with Gasteiger partial charge in [-0.3, -0.25) is 9.59 Å². The Bertz CT molecular complexity index is 1100. The Morgan fingerprint density at radius 1 is 1.03 bits per heavy atom. The lowest BCUT2D eigenvalue weighted by Gasteiger charge is -2.38. The first-order valence-electron chi connectivity index (χ1n) is 12.1. The molecule has 2 aliphatic carbocycles. The summed E-state index contributed by atoms with van der Waals surface area (Å²) in [5.41, 5.74) is 2.81. The molecule has 0 spiro atoms. The van der Waals surface area contributed by atoms with Crippen molar-refractivity contribution in [1.82, 2.24) is 5.32 Å². The van der Waals surface area contributed by atoms with Gasteiger partial charge in [0.25, 0.3) is 0 Å². The van der Waals surface area contributed by atoms with Crippen LogP contribution in [0.4, 0.5) is 0 Å². The Balaban J connectivity index is 1.84. The zero-order valence-electron chi connectivity index (χ0n) is 20.9. The normalized spacial score (nSPS) is 24.6. The van der Waals surface area contributed by atoms with E-state index < -0.39 is 23.8 Å². The molecule has 3 aliphatic rings. The lowest BCUT2D eigenvalue weighted by atomic mass is 9.69. The Kier molecular flexibility index (Phi) is 7.19. The van der Waals surface area contributed by atoms with Gasteiger partial charge in [-0.05, 0) is 62.6 Å². The van der Waals surface area contributed by atoms with Gasteiger partial charge in [0.15, 0.2) is 17.3 Å². The second-order valence-electron chi connectivity index (χ2n) is 9.46. The molecule has 4 rings (SSSR count). The SMILES string of the molecule is COC(=O)[C@@H]1C(=O)C2=C(C[C@H]1C)NC(C)=C(C(=O)OC1CCCC1)[C@@H]2c1ccc(OC)c(OC)c1. The largest absolute Gasteiger partial charge is 0.493 e. The van der Waals surface area contributed by atoms with E-state index in [-0.39, 0.29) is 17.8 Å². The molecule has 1 fully saturated rings. The zero-order chi connectivity index (χ0) is 25.3. The van der Waals surface area contributed by atoms with Gasteiger partial charge in [-0.25, -0.2) is 4.79 Å². The lowest BCUT2D eigenvalue weighted by molar-refractivity contribution is -0.151. The fourth-order valence-corrected chi connectivity index (χ4v) is 5.54. The Hall–Kier alpha value is -3.29. The number of ketones is 1. The van der Waals surface area contributed by atoms with Crippen LogP contribution in [0.15, 0.2) is 40.7 Å². The van der Waals surface area contributed by atoms with Gasteiger partial charge in [0.05, 0.1) is 26.9 Å². The summed E-state index contributed by atoms with van der Waals surface area (Å²) in [5, 5.41) is 3.29. The third-order valence-electron chi connectivity index (χ3n) is 7.28. The van der Waals surface area contributed by atoms with Gasteiger partial charge < -0.3 is 24.3 Å². The van der Waals surface area contributed by atoms with Crippen molar-refractivity contribution in [3.05, 3.63) is 46.3 Å². The van der Waals surface area contributed by atoms with Crippen LogP contribution in [-0.4, -0.2) is 45.2 Å². The van der Waals surface area contributed by atoms with Crippen LogP contribution in [0.2, 0.25) is 0 Å². The molecule has 1 heterocycles. The number of esters is 2. The molecule has 8 heteroatoms. The molecular weight excluding hydrogens is 450 g/mol. The molecule has 1 aliphatic heterocycles. The van der Waals surface area contributed by atoms with Crippen LogP contribution in [-0.2, 0) is 23.9 Å². The summed E-state index contributed by atoms with van der Waals surface area (Å²) in [7, 11) is 4.36. The van der Waals surface area contributed by atoms with Crippen LogP contribution in [0.5, 0.6) is 11.5 Å². The number of Topliss-reactive ketones (excluding diaryl/α,β-unsaturated/α-hetero) is 1. The number of methoxy groups -OCH3 is 3. The summed E-state index contributed by atoms with van der Waals surface area (Å²) < 4.78 is 21.7. The van der Waals surface area contributed by atoms with E-state index in [0.29, 0.717) is 40.3 Å². The van der Waals surface area contributed by atoms with Gasteiger partial charge in [0.2, 0.25) is 0 Å². The molecule has 0 bridgehead atoms. The molecule has 8 nitrogen and oxygen atoms in total. The van der Waals surface area contributed by atoms with E-state index in [1.54, 1.807) is 19.2 Å². The van der Waals surface area contributed by atoms with Crippen molar-refractivity contribution in [3.8, 4) is 11.5 Å². The number of allylic oxidation sites excluding steroid dienone is 3. The first-order chi connectivity index (χ1) is 16.8. The van der Waals surface area contributed by atoms with Crippen molar-refractivity contribution in [3.63, 3.8) is 0 Å². The van der Waals surface area contributed by atoms with E-state index in [0.717, 1.165) is 31.4 Å². The highest BCUT2D eigenvalue weighted by molar-refractivity contribution is 6.12. The van der Waals surface area contributed by atoms with E-state index in [4.69, 9.17) is 18.9 Å². The van der Waals surface area contributed by atoms with Crippen LogP contribution in [0.25, 0.3) is 0 Å². The number of carbonyl (C=O) groups is 3. The number of rotatable bonds is 6. The van der Waals surface area contributed by atoms with Crippen molar-refractivity contribution in [2.45, 2.75) is 58.0 Å². The van der Waals surface area contributed by atoms with Crippen LogP contribution in [0.1, 0.15) is 57.4 Å². The number of ether oxygens (including phenoxy) is 4. The number of hydrogen-bond acceptors (Lipinski definition) is 8. The second kappa shape index (κ2) is 10.1. The molecule has 1 saturated carbocycles. The minimum Gasteiger partial charge on any atom is -0.493 e. The smallest absolute Gasteiger partial charge is 0.337 e. The highest BCUT2D eigenvalue weighted by Crippen LogP contribution is 2.47. The minimum absolute atomic E-state index is 0.130. The quantitative estimate of drug-likeness (QED) is 0.482. The third-order valence-corrected chi connectivity index (χ3v) is 7.28. The van der Waals surface area contributed by atoms with E-state index in [1.165, 1.54) is 14.2 Å². The van der Waals surface area contributed by atoms with Crippen molar-refractivity contribution >= 4 is 17.7 Å². The van der Waals surface area contributed by atoms with Gasteiger partial charge in [-0.15, -0.1) is 0 Å². The maximum absolute atomic E-state index is 13.8. The predicted molar refractivity (Wildman–Crippen MR) is 128 cm³/mol. The van der Waals surface area contributed by atoms with Crippen LogP contribution >= 0.6 is 0 Å². The van der Waals surface area contributed by atoms with Crippen LogP contribution in [0, 0.1) is 11.8 Å². The predicted octanol–water partition coefficient (Wildman–Crippen LogP) is 3.80. The summed E-state index contributed by atoms with van der Waals surface area (Å²) in [5.74, 6) is -2.24. The molecule has 1 aromatic rings. The second-order valence-corrected chi connectivity index (χ2v) is 9.46. The number of nitrogens with one attached hydrogen (secondary N) is 1. The van der Waals surface area contributed by atoms with Crippen molar-refractivity contribution in [2.75, 3.05) is 21.3 Å². The van der Waals surface area contributed by atoms with Gasteiger partial charge in [-0.2, -0.15) is 0 Å². The molecule has 35 heavy (non-hydrogen) atoms. The molecule has 3 atom stereocenters. The van der Waals surface area contributed by atoms with Gasteiger partial charge >= 0.3 is 11.9 Å². The standard InChI is InChI=1S/C27H33NO7/c1-14-12-18-24(25(29)21(14)26(30)34-5)23(16-10-11-19(32-3)20(13-16)33-4)22(15(2)28-18)27(31)35-17-8-6-7-9-17/h10-11,13-14,17,21,23,28H,6-9,12H2,1-5H3/t14-,21+,23+/m1/s1. The molecular formula is C27H33NO7. The molecule has 0 saturated heterocycles. The number of hydrogen-bond donors (Lipinski definition) is 1. The van der Waals surface area contributed by atoms with E-state index in [9.17, 15) is 14.4 Å². The maximum Gasteiger partial charge on any atom is 0.337 e. The third kappa shape index (κ3) is 4.54. The van der Waals surface area contributed by atoms with Crippen molar-refractivity contribution in [2.24, 2.45) is 11.8 Å². The molecule has 1 N–H and O–H groups in total. The van der Waals surface area contributed by atoms with E-state index in [2.05, 4.69) is 5.32 Å². The van der Waals surface area contributed by atoms with E-state index in [1.807, 2.05) is 19.9 Å². The van der Waals surface area contributed by atoms with Gasteiger partial charge in [-0.1, -0.05) is 13.0 Å². The van der Waals surface area contributed by atoms with Crippen LogP contribution in [0.3, 0.4) is 0 Å². The lowest BCUT2D eigenvalue weighted by Crippen LogP contribution is -2.43. The topological polar surface area (TPSA) is 100 Å². The number of benzene rings is 1. The first-order valence-corrected chi connectivity index (χ1v) is 12.1. The first kappa shape index (κ1) is 24.8. The van der Waals surface area contributed by atoms with E-state index >= 15 is 0 Å². The molecule has 0 radical (unpaired) electrons. The summed E-state index contributed by atoms with van der Waals surface area (Å²) in [6.45, 7) is 3.68. The van der Waals surface area contributed by atoms with Gasteiger partial charge in [0, 0.05) is 22.9 Å². The zero-order valence-corrected chi connectivity index (χ0v) is 20.9. The molecule has 0 amide bonds. The average Bonchev–Trinajstić information content (AvgIpc) is 3.35. The van der Waals surface area contributed by atoms with Crippen LogP contribution < -0.4 is 14.8 Å². The number of carbonyl (C=O) groups excluding carboxylic acids is 3.